The van der Waals surface area contributed by atoms with Crippen LogP contribution in [0.25, 0.3) is 0 Å². The summed E-state index contributed by atoms with van der Waals surface area (Å²) < 4.78 is 6.16. The standard InChI is InChI=1S/C36H64N2O4/c1-9-10-12-29(37-31(39)40)34(6)20-19-33(4,5)30(22-34)38-32(41)42-23-35(7)17-11-18-36(8)27-15-13-25(24(2)3)21-26(27)14-16-28(35)36/h24-30,37H,9-23H2,1-8H3,(H,38,41)(H,39,40). The number of rotatable bonds is 9. The number of hydrogen-bond acceptors (Lipinski definition) is 3. The Morgan fingerprint density at radius 2 is 1.71 bits per heavy atom. The van der Waals surface area contributed by atoms with Gasteiger partial charge in [0.15, 0.2) is 0 Å². The highest BCUT2D eigenvalue weighted by Crippen LogP contribution is 2.64. The second-order valence-electron chi connectivity index (χ2n) is 17.1. The van der Waals surface area contributed by atoms with Crippen LogP contribution in [0.3, 0.4) is 0 Å². The van der Waals surface area contributed by atoms with Crippen LogP contribution in [-0.2, 0) is 4.74 Å². The molecule has 0 bridgehead atoms. The number of fused-ring (bicyclic) bond motifs is 3. The summed E-state index contributed by atoms with van der Waals surface area (Å²) in [5.74, 6) is 3.99. The molecular weight excluding hydrogens is 524 g/mol. The summed E-state index contributed by atoms with van der Waals surface area (Å²) in [6.45, 7) is 19.1. The van der Waals surface area contributed by atoms with Crippen LogP contribution in [0.4, 0.5) is 9.59 Å². The quantitative estimate of drug-likeness (QED) is 0.250. The molecule has 4 aliphatic rings. The van der Waals surface area contributed by atoms with Crippen LogP contribution in [0.1, 0.15) is 145 Å². The molecule has 4 rings (SSSR count). The molecule has 3 N–H and O–H groups in total. The number of ether oxygens (including phenoxy) is 1. The third-order valence-electron chi connectivity index (χ3n) is 13.5. The van der Waals surface area contributed by atoms with E-state index in [1.807, 2.05) is 0 Å². The van der Waals surface area contributed by atoms with Crippen LogP contribution in [-0.4, -0.2) is 36.0 Å². The topological polar surface area (TPSA) is 87.7 Å². The number of unbranched alkanes of at least 4 members (excludes halogenated alkanes) is 1. The van der Waals surface area contributed by atoms with Crippen molar-refractivity contribution >= 4 is 12.2 Å². The Kier molecular flexibility index (Phi) is 10.2. The fourth-order valence-electron chi connectivity index (χ4n) is 10.5. The minimum absolute atomic E-state index is 0.0253. The lowest BCUT2D eigenvalue weighted by molar-refractivity contribution is -0.136. The molecule has 0 saturated heterocycles. The number of carbonyl (C=O) groups is 2. The van der Waals surface area contributed by atoms with E-state index in [9.17, 15) is 14.7 Å². The highest BCUT2D eigenvalue weighted by molar-refractivity contribution is 5.68. The molecule has 242 valence electrons. The van der Waals surface area contributed by atoms with Gasteiger partial charge in [0.05, 0.1) is 6.61 Å². The van der Waals surface area contributed by atoms with Crippen molar-refractivity contribution in [3.05, 3.63) is 0 Å². The maximum absolute atomic E-state index is 13.4. The van der Waals surface area contributed by atoms with E-state index in [0.29, 0.717) is 17.9 Å². The number of nitrogens with one attached hydrogen (secondary N) is 2. The first-order valence-electron chi connectivity index (χ1n) is 17.6. The van der Waals surface area contributed by atoms with E-state index >= 15 is 0 Å². The lowest BCUT2D eigenvalue weighted by Gasteiger charge is -2.61. The van der Waals surface area contributed by atoms with E-state index in [-0.39, 0.29) is 34.4 Å². The zero-order valence-corrected chi connectivity index (χ0v) is 28.3. The van der Waals surface area contributed by atoms with Crippen LogP contribution >= 0.6 is 0 Å². The molecule has 0 aliphatic heterocycles. The average molecular weight is 589 g/mol. The molecule has 4 fully saturated rings. The SMILES string of the molecule is CCCCC(NC(=O)O)C1(C)CCC(C)(C)C(NC(=O)OCC2(C)CCCC3(C)C4CCC(C(C)C)CC4CCC23)C1. The van der Waals surface area contributed by atoms with Gasteiger partial charge in [0.25, 0.3) is 0 Å². The van der Waals surface area contributed by atoms with E-state index in [1.165, 1.54) is 44.9 Å². The lowest BCUT2D eigenvalue weighted by atomic mass is 9.44. The molecule has 9 unspecified atom stereocenters. The number of amides is 2. The van der Waals surface area contributed by atoms with E-state index in [2.05, 4.69) is 66.0 Å². The van der Waals surface area contributed by atoms with Crippen molar-refractivity contribution in [2.24, 2.45) is 51.2 Å². The van der Waals surface area contributed by atoms with E-state index in [1.54, 1.807) is 0 Å². The van der Waals surface area contributed by atoms with Crippen LogP contribution in [0, 0.1) is 51.2 Å². The van der Waals surface area contributed by atoms with Gasteiger partial charge in [-0.3, -0.25) is 0 Å². The summed E-state index contributed by atoms with van der Waals surface area (Å²) in [5, 5.41) is 15.7. The van der Waals surface area contributed by atoms with Crippen molar-refractivity contribution in [3.63, 3.8) is 0 Å². The zero-order valence-electron chi connectivity index (χ0n) is 28.3. The van der Waals surface area contributed by atoms with Gasteiger partial charge in [-0.15, -0.1) is 0 Å². The average Bonchev–Trinajstić information content (AvgIpc) is 2.91. The molecule has 0 aromatic rings. The Bertz CT molecular complexity index is 951. The number of alkyl carbamates (subject to hydrolysis) is 1. The largest absolute Gasteiger partial charge is 0.465 e. The summed E-state index contributed by atoms with van der Waals surface area (Å²) in [4.78, 5) is 25.1. The van der Waals surface area contributed by atoms with E-state index in [4.69, 9.17) is 4.74 Å². The van der Waals surface area contributed by atoms with Gasteiger partial charge in [0.2, 0.25) is 0 Å². The zero-order chi connectivity index (χ0) is 30.9. The molecule has 6 heteroatoms. The number of carbonyl (C=O) groups excluding carboxylic acids is 1. The highest BCUT2D eigenvalue weighted by atomic mass is 16.5. The molecule has 6 nitrogen and oxygen atoms in total. The normalized spacial score (nSPS) is 40.4. The van der Waals surface area contributed by atoms with Crippen molar-refractivity contribution < 1.29 is 19.4 Å². The summed E-state index contributed by atoms with van der Waals surface area (Å²) >= 11 is 0. The third kappa shape index (κ3) is 6.93. The van der Waals surface area contributed by atoms with Gasteiger partial charge in [-0.2, -0.15) is 0 Å². The second kappa shape index (κ2) is 12.9. The smallest absolute Gasteiger partial charge is 0.407 e. The van der Waals surface area contributed by atoms with E-state index < -0.39 is 6.09 Å². The first kappa shape index (κ1) is 33.4. The first-order chi connectivity index (χ1) is 19.6. The summed E-state index contributed by atoms with van der Waals surface area (Å²) in [7, 11) is 0. The highest BCUT2D eigenvalue weighted by Gasteiger charge is 2.57. The molecule has 42 heavy (non-hydrogen) atoms. The van der Waals surface area contributed by atoms with Crippen LogP contribution in [0.2, 0.25) is 0 Å². The Morgan fingerprint density at radius 3 is 2.38 bits per heavy atom. The van der Waals surface area contributed by atoms with Crippen molar-refractivity contribution in [1.82, 2.24) is 10.6 Å². The fraction of sp³-hybridized carbons (Fsp3) is 0.944. The van der Waals surface area contributed by atoms with Gasteiger partial charge < -0.3 is 20.5 Å². The van der Waals surface area contributed by atoms with Crippen molar-refractivity contribution in [1.29, 1.82) is 0 Å². The minimum atomic E-state index is -0.958. The van der Waals surface area contributed by atoms with Gasteiger partial charge in [-0.25, -0.2) is 9.59 Å². The predicted octanol–water partition coefficient (Wildman–Crippen LogP) is 9.42. The predicted molar refractivity (Wildman–Crippen MR) is 170 cm³/mol. The number of hydrogen-bond donors (Lipinski definition) is 3. The maximum atomic E-state index is 13.4. The van der Waals surface area contributed by atoms with Gasteiger partial charge >= 0.3 is 12.2 Å². The molecule has 2 amide bonds. The maximum Gasteiger partial charge on any atom is 0.407 e. The summed E-state index contributed by atoms with van der Waals surface area (Å²) in [5.41, 5.74) is 0.107. The monoisotopic (exact) mass is 588 g/mol. The first-order valence-corrected chi connectivity index (χ1v) is 17.6. The van der Waals surface area contributed by atoms with Crippen LogP contribution < -0.4 is 10.6 Å². The molecule has 4 aliphatic carbocycles. The van der Waals surface area contributed by atoms with Gasteiger partial charge in [0.1, 0.15) is 0 Å². The minimum Gasteiger partial charge on any atom is -0.465 e. The summed E-state index contributed by atoms with van der Waals surface area (Å²) in [6, 6.07) is -0.171. The molecule has 4 saturated carbocycles. The van der Waals surface area contributed by atoms with Gasteiger partial charge in [-0.1, -0.05) is 74.7 Å². The van der Waals surface area contributed by atoms with Gasteiger partial charge in [-0.05, 0) is 116 Å². The second-order valence-corrected chi connectivity index (χ2v) is 17.1. The molecule has 0 aromatic carbocycles. The summed E-state index contributed by atoms with van der Waals surface area (Å²) in [6.07, 6.45) is 14.7. The molecule has 9 atom stereocenters. The lowest BCUT2D eigenvalue weighted by Crippen LogP contribution is -2.57. The van der Waals surface area contributed by atoms with Crippen molar-refractivity contribution in [2.45, 2.75) is 157 Å². The van der Waals surface area contributed by atoms with Crippen molar-refractivity contribution in [3.8, 4) is 0 Å². The van der Waals surface area contributed by atoms with Crippen LogP contribution in [0.15, 0.2) is 0 Å². The van der Waals surface area contributed by atoms with Crippen molar-refractivity contribution in [2.75, 3.05) is 6.61 Å². The molecule has 0 spiro atoms. The third-order valence-corrected chi connectivity index (χ3v) is 13.5. The van der Waals surface area contributed by atoms with Gasteiger partial charge in [0, 0.05) is 17.5 Å². The molecule has 0 heterocycles. The number of carboxylic acid groups (broad SMARTS) is 1. The van der Waals surface area contributed by atoms with E-state index in [0.717, 1.165) is 68.6 Å². The Labute approximate surface area is 257 Å². The molecular formula is C36H64N2O4. The molecule has 0 aromatic heterocycles. The van der Waals surface area contributed by atoms with Crippen LogP contribution in [0.5, 0.6) is 0 Å². The Balaban J connectivity index is 1.40. The molecule has 0 radical (unpaired) electrons. The fourth-order valence-corrected chi connectivity index (χ4v) is 10.5. The Morgan fingerprint density at radius 1 is 0.976 bits per heavy atom. The Hall–Kier alpha value is -1.46.